The van der Waals surface area contributed by atoms with Gasteiger partial charge in [0.05, 0.1) is 11.0 Å². The summed E-state index contributed by atoms with van der Waals surface area (Å²) in [5.74, 6) is 1.93. The van der Waals surface area contributed by atoms with Crippen LogP contribution in [0.5, 0.6) is 0 Å². The third-order valence-corrected chi connectivity index (χ3v) is 4.01. The fourth-order valence-electron chi connectivity index (χ4n) is 2.43. The summed E-state index contributed by atoms with van der Waals surface area (Å²) in [6.07, 6.45) is 4.17. The summed E-state index contributed by atoms with van der Waals surface area (Å²) < 4.78 is 0. The van der Waals surface area contributed by atoms with Crippen LogP contribution in [-0.4, -0.2) is 16.5 Å². The van der Waals surface area contributed by atoms with Crippen molar-refractivity contribution in [3.05, 3.63) is 24.0 Å². The molecule has 0 atom stereocenters. The number of H-pyrrole nitrogens is 1. The topological polar surface area (TPSA) is 40.7 Å². The van der Waals surface area contributed by atoms with Crippen molar-refractivity contribution >= 4 is 16.7 Å². The van der Waals surface area contributed by atoms with Crippen molar-refractivity contribution < 1.29 is 0 Å². The molecule has 0 aliphatic heterocycles. The zero-order valence-electron chi connectivity index (χ0n) is 12.1. The first kappa shape index (κ1) is 12.5. The molecule has 19 heavy (non-hydrogen) atoms. The van der Waals surface area contributed by atoms with Crippen LogP contribution in [-0.2, 0) is 5.41 Å². The largest absolute Gasteiger partial charge is 0.385 e. The Kier molecular flexibility index (Phi) is 3.00. The van der Waals surface area contributed by atoms with Gasteiger partial charge in [-0.3, -0.25) is 0 Å². The molecular weight excluding hydrogens is 234 g/mol. The fourth-order valence-corrected chi connectivity index (χ4v) is 2.43. The normalized spacial score (nSPS) is 16.6. The van der Waals surface area contributed by atoms with Crippen LogP contribution in [0.3, 0.4) is 0 Å². The summed E-state index contributed by atoms with van der Waals surface area (Å²) in [5.41, 5.74) is 3.45. The van der Waals surface area contributed by atoms with Gasteiger partial charge in [-0.2, -0.15) is 0 Å². The molecule has 1 aliphatic carbocycles. The summed E-state index contributed by atoms with van der Waals surface area (Å²) in [4.78, 5) is 8.10. The van der Waals surface area contributed by atoms with Crippen molar-refractivity contribution in [2.75, 3.05) is 11.9 Å². The summed E-state index contributed by atoms with van der Waals surface area (Å²) in [6, 6.07) is 6.41. The minimum atomic E-state index is 0.0680. The quantitative estimate of drug-likeness (QED) is 0.870. The SMILES string of the molecule is CC(C)(C)c1nc2ccc(NCC3CCC3)cc2[nH]1. The van der Waals surface area contributed by atoms with E-state index in [0.29, 0.717) is 0 Å². The predicted molar refractivity (Wildman–Crippen MR) is 80.6 cm³/mol. The monoisotopic (exact) mass is 257 g/mol. The average Bonchev–Trinajstić information content (AvgIpc) is 2.69. The van der Waals surface area contributed by atoms with E-state index in [1.54, 1.807) is 0 Å². The maximum atomic E-state index is 4.66. The van der Waals surface area contributed by atoms with Crippen LogP contribution < -0.4 is 5.32 Å². The van der Waals surface area contributed by atoms with Crippen molar-refractivity contribution in [3.63, 3.8) is 0 Å². The molecule has 3 nitrogen and oxygen atoms in total. The van der Waals surface area contributed by atoms with Crippen molar-refractivity contribution in [2.24, 2.45) is 5.92 Å². The van der Waals surface area contributed by atoms with E-state index in [-0.39, 0.29) is 5.41 Å². The maximum Gasteiger partial charge on any atom is 0.112 e. The predicted octanol–water partition coefficient (Wildman–Crippen LogP) is 4.07. The van der Waals surface area contributed by atoms with Gasteiger partial charge in [-0.1, -0.05) is 27.2 Å². The van der Waals surface area contributed by atoms with Gasteiger partial charge in [-0.05, 0) is 37.0 Å². The van der Waals surface area contributed by atoms with E-state index in [9.17, 15) is 0 Å². The summed E-state index contributed by atoms with van der Waals surface area (Å²) in [6.45, 7) is 7.65. The maximum absolute atomic E-state index is 4.66. The molecule has 1 saturated carbocycles. The lowest BCUT2D eigenvalue weighted by Gasteiger charge is -2.25. The van der Waals surface area contributed by atoms with Crippen LogP contribution in [0.15, 0.2) is 18.2 Å². The Bertz CT molecular complexity index is 573. The van der Waals surface area contributed by atoms with Gasteiger partial charge in [-0.25, -0.2) is 4.98 Å². The van der Waals surface area contributed by atoms with Crippen molar-refractivity contribution in [2.45, 2.75) is 45.4 Å². The number of hydrogen-bond donors (Lipinski definition) is 2. The van der Waals surface area contributed by atoms with Crippen LogP contribution in [0.2, 0.25) is 0 Å². The Morgan fingerprint density at radius 2 is 2.11 bits per heavy atom. The molecule has 1 aliphatic rings. The van der Waals surface area contributed by atoms with Crippen molar-refractivity contribution in [1.29, 1.82) is 0 Å². The minimum absolute atomic E-state index is 0.0680. The second-order valence-corrected chi connectivity index (χ2v) is 6.75. The van der Waals surface area contributed by atoms with E-state index < -0.39 is 0 Å². The minimum Gasteiger partial charge on any atom is -0.385 e. The van der Waals surface area contributed by atoms with Gasteiger partial charge in [0, 0.05) is 17.6 Å². The Hall–Kier alpha value is -1.51. The summed E-state index contributed by atoms with van der Waals surface area (Å²) >= 11 is 0. The van der Waals surface area contributed by atoms with Gasteiger partial charge in [0.1, 0.15) is 5.82 Å². The second-order valence-electron chi connectivity index (χ2n) is 6.75. The lowest BCUT2D eigenvalue weighted by atomic mass is 9.85. The molecular formula is C16H23N3. The van der Waals surface area contributed by atoms with Crippen LogP contribution in [0.25, 0.3) is 11.0 Å². The van der Waals surface area contributed by atoms with Gasteiger partial charge in [0.25, 0.3) is 0 Å². The molecule has 1 aromatic heterocycles. The number of imidazole rings is 1. The third-order valence-electron chi connectivity index (χ3n) is 4.01. The number of rotatable bonds is 3. The molecule has 1 aromatic carbocycles. The first-order valence-corrected chi connectivity index (χ1v) is 7.26. The standard InChI is InChI=1S/C16H23N3/c1-16(2,3)15-18-13-8-7-12(9-14(13)19-15)17-10-11-5-4-6-11/h7-9,11,17H,4-6,10H2,1-3H3,(H,18,19). The highest BCUT2D eigenvalue weighted by atomic mass is 14.9. The third kappa shape index (κ3) is 2.60. The Morgan fingerprint density at radius 1 is 1.32 bits per heavy atom. The van der Waals surface area contributed by atoms with Crippen LogP contribution in [0.4, 0.5) is 5.69 Å². The smallest absolute Gasteiger partial charge is 0.112 e. The molecule has 1 fully saturated rings. The number of fused-ring (bicyclic) bond motifs is 1. The molecule has 3 rings (SSSR count). The fraction of sp³-hybridized carbons (Fsp3) is 0.562. The van der Waals surface area contributed by atoms with E-state index >= 15 is 0 Å². The molecule has 0 radical (unpaired) electrons. The molecule has 2 N–H and O–H groups in total. The van der Waals surface area contributed by atoms with Crippen LogP contribution in [0, 0.1) is 5.92 Å². The van der Waals surface area contributed by atoms with Gasteiger partial charge in [0.15, 0.2) is 0 Å². The van der Waals surface area contributed by atoms with Gasteiger partial charge in [-0.15, -0.1) is 0 Å². The molecule has 0 spiro atoms. The molecule has 3 heteroatoms. The Morgan fingerprint density at radius 3 is 2.74 bits per heavy atom. The average molecular weight is 257 g/mol. The lowest BCUT2D eigenvalue weighted by Crippen LogP contribution is -2.20. The van der Waals surface area contributed by atoms with Crippen LogP contribution in [0.1, 0.15) is 45.9 Å². The van der Waals surface area contributed by atoms with Crippen molar-refractivity contribution in [3.8, 4) is 0 Å². The van der Waals surface area contributed by atoms with Gasteiger partial charge >= 0.3 is 0 Å². The molecule has 1 heterocycles. The van der Waals surface area contributed by atoms with E-state index in [2.05, 4.69) is 54.3 Å². The molecule has 2 aromatic rings. The summed E-state index contributed by atoms with van der Waals surface area (Å²) in [5, 5.41) is 3.54. The number of aromatic amines is 1. The van der Waals surface area contributed by atoms with Crippen LogP contribution >= 0.6 is 0 Å². The lowest BCUT2D eigenvalue weighted by molar-refractivity contribution is 0.333. The highest BCUT2D eigenvalue weighted by molar-refractivity contribution is 5.79. The molecule has 0 amide bonds. The van der Waals surface area contributed by atoms with Gasteiger partial charge < -0.3 is 10.3 Å². The summed E-state index contributed by atoms with van der Waals surface area (Å²) in [7, 11) is 0. The number of anilines is 1. The molecule has 0 bridgehead atoms. The number of aromatic nitrogens is 2. The zero-order valence-corrected chi connectivity index (χ0v) is 12.1. The van der Waals surface area contributed by atoms with Gasteiger partial charge in [0.2, 0.25) is 0 Å². The van der Waals surface area contributed by atoms with E-state index in [0.717, 1.165) is 29.3 Å². The second kappa shape index (κ2) is 4.55. The Labute approximate surface area is 114 Å². The first-order valence-electron chi connectivity index (χ1n) is 7.26. The number of nitrogens with zero attached hydrogens (tertiary/aromatic N) is 1. The highest BCUT2D eigenvalue weighted by Gasteiger charge is 2.19. The first-order chi connectivity index (χ1) is 9.02. The van der Waals surface area contributed by atoms with Crippen molar-refractivity contribution in [1.82, 2.24) is 9.97 Å². The number of benzene rings is 1. The number of hydrogen-bond acceptors (Lipinski definition) is 2. The molecule has 102 valence electrons. The van der Waals surface area contributed by atoms with E-state index in [1.807, 2.05) is 0 Å². The highest BCUT2D eigenvalue weighted by Crippen LogP contribution is 2.27. The van der Waals surface area contributed by atoms with E-state index in [4.69, 9.17) is 0 Å². The zero-order chi connectivity index (χ0) is 13.5. The van der Waals surface area contributed by atoms with E-state index in [1.165, 1.54) is 24.9 Å². The molecule has 0 saturated heterocycles. The number of nitrogens with one attached hydrogen (secondary N) is 2. The Balaban J connectivity index is 1.79. The molecule has 0 unspecified atom stereocenters.